The third-order valence-electron chi connectivity index (χ3n) is 3.32. The molecule has 0 spiro atoms. The first-order chi connectivity index (χ1) is 9.86. The van der Waals surface area contributed by atoms with Gasteiger partial charge < -0.3 is 0 Å². The van der Waals surface area contributed by atoms with Gasteiger partial charge in [0.25, 0.3) is 0 Å². The Hall–Kier alpha value is -2.01. The second-order valence-corrected chi connectivity index (χ2v) is 6.23. The highest BCUT2D eigenvalue weighted by Gasteiger charge is 2.20. The summed E-state index contributed by atoms with van der Waals surface area (Å²) in [5.41, 5.74) is 2.80. The molecule has 0 bridgehead atoms. The van der Waals surface area contributed by atoms with Gasteiger partial charge >= 0.3 is 0 Å². The van der Waals surface area contributed by atoms with E-state index in [4.69, 9.17) is 11.6 Å². The number of pyridine rings is 1. The molecule has 0 atom stereocenters. The van der Waals surface area contributed by atoms with Crippen molar-refractivity contribution in [2.75, 3.05) is 0 Å². The lowest BCUT2D eigenvalue weighted by molar-refractivity contribution is 0.595. The Bertz CT molecular complexity index is 820. The normalized spacial score (nSPS) is 12.0. The molecular weight excluding hydrogens is 291 g/mol. The molecule has 0 aliphatic carbocycles. The summed E-state index contributed by atoms with van der Waals surface area (Å²) in [6.45, 7) is 6.33. The van der Waals surface area contributed by atoms with E-state index in [0.717, 1.165) is 17.3 Å². The maximum atomic E-state index is 13.9. The van der Waals surface area contributed by atoms with Crippen LogP contribution in [0.5, 0.6) is 0 Å². The Morgan fingerprint density at radius 2 is 2.00 bits per heavy atom. The summed E-state index contributed by atoms with van der Waals surface area (Å²) in [4.78, 5) is 7.61. The number of aromatic nitrogens is 4. The molecule has 0 fully saturated rings. The molecule has 0 saturated heterocycles. The molecular formula is C15H14ClFN4. The van der Waals surface area contributed by atoms with Gasteiger partial charge in [-0.1, -0.05) is 20.8 Å². The molecule has 3 heterocycles. The molecule has 0 N–H and O–H groups in total. The van der Waals surface area contributed by atoms with Crippen molar-refractivity contribution < 1.29 is 4.39 Å². The zero-order valence-electron chi connectivity index (χ0n) is 11.9. The number of nitrogens with zero attached hydrogens (tertiary/aromatic N) is 4. The van der Waals surface area contributed by atoms with Crippen LogP contribution in [0.3, 0.4) is 0 Å². The molecule has 0 aromatic carbocycles. The van der Waals surface area contributed by atoms with Crippen LogP contribution in [0.15, 0.2) is 30.7 Å². The van der Waals surface area contributed by atoms with E-state index < -0.39 is 5.82 Å². The van der Waals surface area contributed by atoms with Gasteiger partial charge in [-0.3, -0.25) is 0 Å². The number of fused-ring (bicyclic) bond motifs is 1. The van der Waals surface area contributed by atoms with Crippen LogP contribution in [0, 0.1) is 5.82 Å². The third-order valence-corrected chi connectivity index (χ3v) is 3.50. The summed E-state index contributed by atoms with van der Waals surface area (Å²) >= 11 is 5.76. The molecule has 3 rings (SSSR count). The second-order valence-electron chi connectivity index (χ2n) is 5.89. The highest BCUT2D eigenvalue weighted by atomic mass is 35.5. The lowest BCUT2D eigenvalue weighted by Gasteiger charge is -2.17. The first-order valence-corrected chi connectivity index (χ1v) is 6.90. The molecule has 0 aliphatic heterocycles. The number of halogens is 2. The Kier molecular flexibility index (Phi) is 3.17. The van der Waals surface area contributed by atoms with E-state index in [0.29, 0.717) is 5.56 Å². The largest absolute Gasteiger partial charge is 0.241 e. The minimum Gasteiger partial charge on any atom is -0.241 e. The average Bonchev–Trinajstić information content (AvgIpc) is 2.84. The predicted octanol–water partition coefficient (Wildman–Crippen LogP) is 3.88. The number of hydrogen-bond donors (Lipinski definition) is 0. The zero-order chi connectivity index (χ0) is 15.2. The summed E-state index contributed by atoms with van der Waals surface area (Å²) < 4.78 is 15.7. The molecule has 3 aromatic rings. The van der Waals surface area contributed by atoms with E-state index in [1.807, 2.05) is 12.3 Å². The Labute approximate surface area is 126 Å². The second kappa shape index (κ2) is 4.77. The van der Waals surface area contributed by atoms with Crippen molar-refractivity contribution in [3.8, 4) is 11.3 Å². The Balaban J connectivity index is 2.23. The smallest absolute Gasteiger partial charge is 0.223 e. The zero-order valence-corrected chi connectivity index (χ0v) is 12.7. The minimum absolute atomic E-state index is 0.0239. The van der Waals surface area contributed by atoms with E-state index in [1.54, 1.807) is 16.8 Å². The first-order valence-electron chi connectivity index (χ1n) is 6.52. The monoisotopic (exact) mass is 304 g/mol. The molecule has 6 heteroatoms. The van der Waals surface area contributed by atoms with E-state index in [9.17, 15) is 4.39 Å². The molecule has 4 nitrogen and oxygen atoms in total. The predicted molar refractivity (Wildman–Crippen MR) is 79.9 cm³/mol. The van der Waals surface area contributed by atoms with Gasteiger partial charge in [-0.15, -0.1) is 0 Å². The van der Waals surface area contributed by atoms with Crippen molar-refractivity contribution in [2.45, 2.75) is 26.2 Å². The third kappa shape index (κ3) is 2.49. The van der Waals surface area contributed by atoms with Crippen molar-refractivity contribution in [1.82, 2.24) is 19.6 Å². The van der Waals surface area contributed by atoms with Crippen LogP contribution in [-0.2, 0) is 5.41 Å². The van der Waals surface area contributed by atoms with Crippen LogP contribution in [0.4, 0.5) is 4.39 Å². The van der Waals surface area contributed by atoms with Crippen LogP contribution in [0.1, 0.15) is 26.3 Å². The summed E-state index contributed by atoms with van der Waals surface area (Å²) in [7, 11) is 0. The lowest BCUT2D eigenvalue weighted by atomic mass is 9.88. The van der Waals surface area contributed by atoms with Crippen LogP contribution >= 0.6 is 11.6 Å². The van der Waals surface area contributed by atoms with Crippen molar-refractivity contribution >= 4 is 17.1 Å². The van der Waals surface area contributed by atoms with Gasteiger partial charge in [0.2, 0.25) is 5.28 Å². The molecule has 108 valence electrons. The van der Waals surface area contributed by atoms with Crippen LogP contribution in [-0.4, -0.2) is 19.6 Å². The molecule has 0 unspecified atom stereocenters. The van der Waals surface area contributed by atoms with Crippen molar-refractivity contribution in [1.29, 1.82) is 0 Å². The topological polar surface area (TPSA) is 43.1 Å². The maximum Gasteiger partial charge on any atom is 0.223 e. The first kappa shape index (κ1) is 13.9. The average molecular weight is 305 g/mol. The molecule has 21 heavy (non-hydrogen) atoms. The number of hydrogen-bond acceptors (Lipinski definition) is 3. The van der Waals surface area contributed by atoms with E-state index >= 15 is 0 Å². The fraction of sp³-hybridized carbons (Fsp3) is 0.267. The van der Waals surface area contributed by atoms with Crippen LogP contribution in [0.2, 0.25) is 5.28 Å². The molecule has 3 aromatic heterocycles. The van der Waals surface area contributed by atoms with E-state index in [2.05, 4.69) is 35.8 Å². The van der Waals surface area contributed by atoms with Gasteiger partial charge in [-0.2, -0.15) is 5.10 Å². The fourth-order valence-electron chi connectivity index (χ4n) is 2.25. The van der Waals surface area contributed by atoms with Gasteiger partial charge in [0.15, 0.2) is 5.82 Å². The van der Waals surface area contributed by atoms with Crippen LogP contribution < -0.4 is 0 Å². The SMILES string of the molecule is CC(C)(C)c1cnn2ccc(-c3nc(Cl)ncc3F)cc12. The van der Waals surface area contributed by atoms with Gasteiger partial charge in [-0.25, -0.2) is 18.9 Å². The Morgan fingerprint density at radius 3 is 2.71 bits per heavy atom. The minimum atomic E-state index is -0.499. The quantitative estimate of drug-likeness (QED) is 0.641. The van der Waals surface area contributed by atoms with Gasteiger partial charge in [0.1, 0.15) is 5.69 Å². The van der Waals surface area contributed by atoms with Gasteiger partial charge in [0.05, 0.1) is 17.9 Å². The molecule has 0 aliphatic rings. The van der Waals surface area contributed by atoms with E-state index in [-0.39, 0.29) is 16.4 Å². The van der Waals surface area contributed by atoms with Gasteiger partial charge in [0, 0.05) is 17.3 Å². The van der Waals surface area contributed by atoms with Crippen molar-refractivity contribution in [3.63, 3.8) is 0 Å². The summed E-state index contributed by atoms with van der Waals surface area (Å²) in [6, 6.07) is 3.63. The highest BCUT2D eigenvalue weighted by molar-refractivity contribution is 6.28. The summed E-state index contributed by atoms with van der Waals surface area (Å²) in [5.74, 6) is -0.499. The van der Waals surface area contributed by atoms with Crippen molar-refractivity contribution in [3.05, 3.63) is 47.4 Å². The standard InChI is InChI=1S/C15H14ClFN4/c1-15(2,3)10-7-19-21-5-4-9(6-12(10)21)13-11(17)8-18-14(16)20-13/h4-8H,1-3H3. The highest BCUT2D eigenvalue weighted by Crippen LogP contribution is 2.29. The molecule has 0 amide bonds. The Morgan fingerprint density at radius 1 is 1.24 bits per heavy atom. The lowest BCUT2D eigenvalue weighted by Crippen LogP contribution is -2.10. The van der Waals surface area contributed by atoms with Crippen LogP contribution in [0.25, 0.3) is 16.8 Å². The molecule has 0 saturated carbocycles. The maximum absolute atomic E-state index is 13.9. The fourth-order valence-corrected chi connectivity index (χ4v) is 2.39. The summed E-state index contributed by atoms with van der Waals surface area (Å²) in [6.07, 6.45) is 4.70. The van der Waals surface area contributed by atoms with Crippen molar-refractivity contribution in [2.24, 2.45) is 0 Å². The molecule has 0 radical (unpaired) electrons. The van der Waals surface area contributed by atoms with E-state index in [1.165, 1.54) is 0 Å². The number of rotatable bonds is 1. The van der Waals surface area contributed by atoms with Gasteiger partial charge in [-0.05, 0) is 29.1 Å². The summed E-state index contributed by atoms with van der Waals surface area (Å²) in [5, 5.41) is 4.35.